The Morgan fingerprint density at radius 2 is 1.00 bits per heavy atom. The molecule has 0 spiro atoms. The van der Waals surface area contributed by atoms with Crippen molar-refractivity contribution in [2.75, 3.05) is 20.0 Å². The van der Waals surface area contributed by atoms with E-state index in [1.54, 1.807) is 0 Å². The van der Waals surface area contributed by atoms with Crippen molar-refractivity contribution in [1.29, 1.82) is 0 Å². The lowest BCUT2D eigenvalue weighted by Gasteiger charge is -1.81. The molecule has 0 nitrogen and oxygen atoms in total. The van der Waals surface area contributed by atoms with E-state index in [2.05, 4.69) is 20.0 Å². The van der Waals surface area contributed by atoms with Crippen molar-refractivity contribution in [3.63, 3.8) is 0 Å². The van der Waals surface area contributed by atoms with Crippen LogP contribution in [-0.4, -0.2) is 28.4 Å². The van der Waals surface area contributed by atoms with E-state index in [4.69, 9.17) is 0 Å². The minimum absolute atomic E-state index is 0. The van der Waals surface area contributed by atoms with Crippen LogP contribution in [0.15, 0.2) is 0 Å². The monoisotopic (exact) mass is 90.1 g/mol. The van der Waals surface area contributed by atoms with Crippen LogP contribution in [0.25, 0.3) is 0 Å². The Bertz CT molecular complexity index is 11.6. The van der Waals surface area contributed by atoms with Gasteiger partial charge in [0.05, 0.1) is 8.41 Å². The van der Waals surface area contributed by atoms with Gasteiger partial charge in [0.25, 0.3) is 0 Å². The number of hydrogen-bond donors (Lipinski definition) is 0. The highest BCUT2D eigenvalue weighted by molar-refractivity contribution is 7.55. The van der Waals surface area contributed by atoms with Crippen LogP contribution in [0.1, 0.15) is 0 Å². The summed E-state index contributed by atoms with van der Waals surface area (Å²) < 4.78 is 0. The first-order valence-electron chi connectivity index (χ1n) is 1.34. The van der Waals surface area contributed by atoms with Crippen LogP contribution < -0.4 is 0 Å². The second kappa shape index (κ2) is 4.49. The second-order valence-electron chi connectivity index (χ2n) is 1.34. The molecule has 0 unspecified atom stereocenters. The predicted octanol–water partition coefficient (Wildman–Crippen LogP) is 0.174. The first-order valence-corrected chi connectivity index (χ1v) is 4.02. The van der Waals surface area contributed by atoms with Gasteiger partial charge < -0.3 is 0 Å². The zero-order valence-electron chi connectivity index (χ0n) is 3.45. The largest absolute Gasteiger partial charge is 0.116 e. The fraction of sp³-hybridized carbons (Fsp3) is 1.00. The maximum atomic E-state index is 2.23. The molecule has 0 aliphatic rings. The Morgan fingerprint density at radius 3 is 1.00 bits per heavy atom. The van der Waals surface area contributed by atoms with Crippen molar-refractivity contribution in [3.8, 4) is 0 Å². The van der Waals surface area contributed by atoms with Crippen molar-refractivity contribution in [1.82, 2.24) is 0 Å². The molecule has 0 atom stereocenters. The number of hydrogen-bond acceptors (Lipinski definition) is 0. The van der Waals surface area contributed by atoms with E-state index in [0.29, 0.717) is 7.92 Å². The van der Waals surface area contributed by atoms with Gasteiger partial charge in [-0.15, -0.1) is 7.92 Å². The Labute approximate surface area is 37.3 Å². The molecule has 0 aliphatic carbocycles. The molecular formula is C3H12BP. The van der Waals surface area contributed by atoms with E-state index < -0.39 is 0 Å². The lowest BCUT2D eigenvalue weighted by molar-refractivity contribution is 2.13. The summed E-state index contributed by atoms with van der Waals surface area (Å²) in [6.07, 6.45) is 0. The fourth-order valence-electron chi connectivity index (χ4n) is 0. The topological polar surface area (TPSA) is 0 Å². The molecule has 0 heterocycles. The summed E-state index contributed by atoms with van der Waals surface area (Å²) in [7, 11) is 0.380. The Hall–Kier alpha value is 0.495. The maximum absolute atomic E-state index is 2.23. The van der Waals surface area contributed by atoms with Crippen LogP contribution in [0.3, 0.4) is 0 Å². The summed E-state index contributed by atoms with van der Waals surface area (Å²) in [4.78, 5) is 0. The lowest BCUT2D eigenvalue weighted by atomic mass is 10.8. The summed E-state index contributed by atoms with van der Waals surface area (Å²) >= 11 is 0. The average Bonchev–Trinajstić information content (AvgIpc) is 0.811. The van der Waals surface area contributed by atoms with Crippen LogP contribution in [-0.2, 0) is 0 Å². The summed E-state index contributed by atoms with van der Waals surface area (Å²) in [5.74, 6) is 0. The summed E-state index contributed by atoms with van der Waals surface area (Å²) in [6.45, 7) is 6.69. The minimum Gasteiger partial charge on any atom is -0.116 e. The van der Waals surface area contributed by atoms with Gasteiger partial charge in [-0.05, 0) is 20.0 Å². The summed E-state index contributed by atoms with van der Waals surface area (Å²) in [5, 5.41) is 0. The Morgan fingerprint density at radius 1 is 1.00 bits per heavy atom. The van der Waals surface area contributed by atoms with Gasteiger partial charge in [-0.1, -0.05) is 0 Å². The first kappa shape index (κ1) is 9.09. The molecule has 5 heavy (non-hydrogen) atoms. The zero-order valence-corrected chi connectivity index (χ0v) is 4.34. The quantitative estimate of drug-likeness (QED) is 0.294. The molecule has 0 aromatic carbocycles. The van der Waals surface area contributed by atoms with Crippen molar-refractivity contribution in [2.24, 2.45) is 0 Å². The first-order chi connectivity index (χ1) is 1.73. The van der Waals surface area contributed by atoms with E-state index in [0.717, 1.165) is 0 Å². The van der Waals surface area contributed by atoms with E-state index >= 15 is 0 Å². The number of rotatable bonds is 0. The average molecular weight is 89.9 g/mol. The van der Waals surface area contributed by atoms with Gasteiger partial charge in [-0.3, -0.25) is 0 Å². The van der Waals surface area contributed by atoms with Gasteiger partial charge >= 0.3 is 0 Å². The molecule has 32 valence electrons. The minimum atomic E-state index is 0. The predicted molar refractivity (Wildman–Crippen MR) is 34.6 cm³/mol. The molecule has 0 bridgehead atoms. The van der Waals surface area contributed by atoms with Gasteiger partial charge in [0.2, 0.25) is 0 Å². The van der Waals surface area contributed by atoms with E-state index in [9.17, 15) is 0 Å². The lowest BCUT2D eigenvalue weighted by Crippen LogP contribution is -1.48. The molecule has 0 N–H and O–H groups in total. The molecule has 2 heteroatoms. The van der Waals surface area contributed by atoms with Gasteiger partial charge in [-0.2, -0.15) is 0 Å². The summed E-state index contributed by atoms with van der Waals surface area (Å²) in [5.41, 5.74) is 0. The highest BCUT2D eigenvalue weighted by Gasteiger charge is 1.65. The third-order valence-electron chi connectivity index (χ3n) is 0. The normalized spacial score (nSPS) is 7.20. The van der Waals surface area contributed by atoms with E-state index in [1.165, 1.54) is 0 Å². The van der Waals surface area contributed by atoms with E-state index in [-0.39, 0.29) is 8.41 Å². The van der Waals surface area contributed by atoms with Gasteiger partial charge in [-0.25, -0.2) is 0 Å². The maximum Gasteiger partial charge on any atom is 0.0814 e. The molecule has 0 fully saturated rings. The van der Waals surface area contributed by atoms with Gasteiger partial charge in [0.15, 0.2) is 0 Å². The fourth-order valence-corrected chi connectivity index (χ4v) is 0. The summed E-state index contributed by atoms with van der Waals surface area (Å²) in [6, 6.07) is 0. The van der Waals surface area contributed by atoms with Crippen molar-refractivity contribution >= 4 is 16.3 Å². The Balaban J connectivity index is 0. The van der Waals surface area contributed by atoms with Gasteiger partial charge in [0, 0.05) is 0 Å². The molecule has 0 amide bonds. The third-order valence-corrected chi connectivity index (χ3v) is 0. The van der Waals surface area contributed by atoms with Crippen molar-refractivity contribution in [3.05, 3.63) is 0 Å². The highest BCUT2D eigenvalue weighted by Crippen LogP contribution is 2.14. The molecule has 0 rings (SSSR count). The SMILES string of the molecule is B.CP(C)C. The van der Waals surface area contributed by atoms with Crippen LogP contribution in [0.4, 0.5) is 0 Å². The molecule has 0 saturated heterocycles. The second-order valence-corrected chi connectivity index (χ2v) is 4.02. The van der Waals surface area contributed by atoms with Crippen LogP contribution in [0.5, 0.6) is 0 Å². The smallest absolute Gasteiger partial charge is 0.0814 e. The van der Waals surface area contributed by atoms with Crippen molar-refractivity contribution in [2.45, 2.75) is 0 Å². The molecule has 0 aromatic heterocycles. The van der Waals surface area contributed by atoms with Crippen LogP contribution in [0.2, 0.25) is 0 Å². The van der Waals surface area contributed by atoms with Crippen LogP contribution >= 0.6 is 7.92 Å². The molecule has 0 aromatic rings. The molecular weight excluding hydrogens is 77.8 g/mol. The highest BCUT2D eigenvalue weighted by atomic mass is 31.1. The van der Waals surface area contributed by atoms with Crippen molar-refractivity contribution < 1.29 is 0 Å². The van der Waals surface area contributed by atoms with Crippen LogP contribution in [0, 0.1) is 0 Å². The zero-order chi connectivity index (χ0) is 3.58. The molecule has 0 aliphatic heterocycles. The standard InChI is InChI=1S/C3H9P.BH3/c1-4(2)3;/h1-3H3;1H3. The molecule has 0 saturated carbocycles. The van der Waals surface area contributed by atoms with E-state index in [1.807, 2.05) is 0 Å². The third kappa shape index (κ3) is 114. The van der Waals surface area contributed by atoms with Gasteiger partial charge in [0.1, 0.15) is 0 Å². The Kier molecular flexibility index (Phi) is 8.17. The molecule has 0 radical (unpaired) electrons.